The maximum atomic E-state index is 12.7. The first-order chi connectivity index (χ1) is 20.4. The number of hydrogen-bond acceptors (Lipinski definition) is 9. The van der Waals surface area contributed by atoms with Gasteiger partial charge in [0, 0.05) is 11.3 Å². The van der Waals surface area contributed by atoms with Crippen molar-refractivity contribution >= 4 is 0 Å². The fourth-order valence-electron chi connectivity index (χ4n) is 14.0. The Kier molecular flexibility index (Phi) is 6.33. The molecular weight excluding hydrogens is 564 g/mol. The summed E-state index contributed by atoms with van der Waals surface area (Å²) in [6.45, 7) is 15.2. The number of aliphatic hydroxyl groups excluding tert-OH is 4. The summed E-state index contributed by atoms with van der Waals surface area (Å²) < 4.78 is 25.8. The van der Waals surface area contributed by atoms with Crippen LogP contribution in [0.1, 0.15) is 99.8 Å². The van der Waals surface area contributed by atoms with E-state index in [1.165, 1.54) is 6.42 Å². The van der Waals surface area contributed by atoms with E-state index in [4.69, 9.17) is 18.9 Å². The fourth-order valence-corrected chi connectivity index (χ4v) is 14.0. The molecule has 9 heteroatoms. The van der Waals surface area contributed by atoms with Gasteiger partial charge in [-0.05, 0) is 105 Å². The molecule has 5 aliphatic carbocycles. The molecule has 5 saturated carbocycles. The lowest BCUT2D eigenvalue weighted by Crippen LogP contribution is -2.61. The van der Waals surface area contributed by atoms with E-state index in [-0.39, 0.29) is 51.8 Å². The molecule has 0 aromatic rings. The van der Waals surface area contributed by atoms with Crippen molar-refractivity contribution in [3.8, 4) is 0 Å². The van der Waals surface area contributed by atoms with Gasteiger partial charge in [0.15, 0.2) is 12.1 Å². The van der Waals surface area contributed by atoms with Gasteiger partial charge in [-0.25, -0.2) is 0 Å². The predicted molar refractivity (Wildman–Crippen MR) is 159 cm³/mol. The highest BCUT2D eigenvalue weighted by Gasteiger charge is 2.88. The second-order valence-electron chi connectivity index (χ2n) is 18.3. The molecule has 9 nitrogen and oxygen atoms in total. The van der Waals surface area contributed by atoms with Gasteiger partial charge in [0.25, 0.3) is 0 Å². The molecule has 8 fully saturated rings. The molecule has 2 bridgehead atoms. The van der Waals surface area contributed by atoms with E-state index in [0.29, 0.717) is 17.8 Å². The highest BCUT2D eigenvalue weighted by molar-refractivity contribution is 5.34. The molecule has 44 heavy (non-hydrogen) atoms. The normalized spacial score (nSPS) is 62.2. The summed E-state index contributed by atoms with van der Waals surface area (Å²) in [7, 11) is 0. The van der Waals surface area contributed by atoms with Gasteiger partial charge < -0.3 is 44.5 Å². The van der Waals surface area contributed by atoms with Gasteiger partial charge in [-0.2, -0.15) is 0 Å². The molecule has 3 heterocycles. The Hall–Kier alpha value is -0.360. The Morgan fingerprint density at radius 2 is 1.52 bits per heavy atom. The van der Waals surface area contributed by atoms with Crippen molar-refractivity contribution in [2.75, 3.05) is 6.61 Å². The van der Waals surface area contributed by atoms with Crippen LogP contribution in [0.15, 0.2) is 0 Å². The standard InChI is InChI=1S/C35H56O9/c1-17-14-19-26(30(4,5)40)44-35(43-19)25(17)31(6)12-13-34-16-33(34)11-10-22(42-27-24(38)23(37)18(36)15-41-27)29(2,3)20(33)8-9-21(34)32(31,7)28(35)39/h17-28,36-40H,8-16H2,1-7H3/t17-,18+,19-,20-,21+,22+,23+,24-,25-,26-,27+,28-,31-,32-,33-,34+,35+/m1/s1. The minimum Gasteiger partial charge on any atom is -0.388 e. The SMILES string of the molecule is C[C@@H]1C[C@H]2O[C@@]3(O[C@H]2C(C)(C)O)[C@H](O)[C@@]2(C)[C@@H]4CC[C@@H]5C(C)(C)[C@@H](O[C@@H]6OC[C@H](O)[C@H](O)[C@H]6O)CC[C@@]56C[C@@]46CC[C@]2(C)[C@@H]13. The molecule has 5 N–H and O–H groups in total. The van der Waals surface area contributed by atoms with Gasteiger partial charge in [-0.15, -0.1) is 0 Å². The van der Waals surface area contributed by atoms with E-state index in [1.54, 1.807) is 13.8 Å². The molecule has 17 atom stereocenters. The lowest BCUT2D eigenvalue weighted by atomic mass is 9.41. The fraction of sp³-hybridized carbons (Fsp3) is 1.00. The largest absolute Gasteiger partial charge is 0.388 e. The Balaban J connectivity index is 1.10. The Bertz CT molecular complexity index is 1200. The highest BCUT2D eigenvalue weighted by atomic mass is 16.8. The third-order valence-corrected chi connectivity index (χ3v) is 15.9. The van der Waals surface area contributed by atoms with E-state index < -0.39 is 48.2 Å². The minimum absolute atomic E-state index is 0.0559. The van der Waals surface area contributed by atoms with Crippen molar-refractivity contribution in [2.45, 2.75) is 160 Å². The molecule has 250 valence electrons. The summed E-state index contributed by atoms with van der Waals surface area (Å²) in [5.74, 6) is 0.108. The zero-order valence-electron chi connectivity index (χ0n) is 27.7. The molecule has 8 rings (SSSR count). The molecule has 3 spiro atoms. The number of hydrogen-bond donors (Lipinski definition) is 5. The molecule has 0 radical (unpaired) electrons. The van der Waals surface area contributed by atoms with E-state index in [9.17, 15) is 25.5 Å². The zero-order valence-corrected chi connectivity index (χ0v) is 27.7. The lowest BCUT2D eigenvalue weighted by molar-refractivity contribution is -0.303. The van der Waals surface area contributed by atoms with Crippen LogP contribution in [-0.2, 0) is 18.9 Å². The number of fused-ring (bicyclic) bond motifs is 4. The van der Waals surface area contributed by atoms with E-state index in [1.807, 2.05) is 0 Å². The molecule has 3 saturated heterocycles. The second-order valence-corrected chi connectivity index (χ2v) is 18.3. The molecule has 3 aliphatic heterocycles. The van der Waals surface area contributed by atoms with E-state index in [0.717, 1.165) is 44.9 Å². The van der Waals surface area contributed by atoms with Gasteiger partial charge in [-0.1, -0.05) is 34.6 Å². The smallest absolute Gasteiger partial charge is 0.199 e. The number of ether oxygens (including phenoxy) is 4. The van der Waals surface area contributed by atoms with Gasteiger partial charge in [0.05, 0.1) is 24.4 Å². The van der Waals surface area contributed by atoms with Crippen LogP contribution in [0.3, 0.4) is 0 Å². The Morgan fingerprint density at radius 1 is 0.841 bits per heavy atom. The maximum absolute atomic E-state index is 12.7. The molecule has 0 unspecified atom stereocenters. The van der Waals surface area contributed by atoms with Crippen LogP contribution in [0.25, 0.3) is 0 Å². The monoisotopic (exact) mass is 620 g/mol. The topological polar surface area (TPSA) is 138 Å². The quantitative estimate of drug-likeness (QED) is 0.301. The summed E-state index contributed by atoms with van der Waals surface area (Å²) >= 11 is 0. The minimum atomic E-state index is -1.28. The Labute approximate surface area is 262 Å². The van der Waals surface area contributed by atoms with Crippen LogP contribution in [0.5, 0.6) is 0 Å². The predicted octanol–water partition coefficient (Wildman–Crippen LogP) is 3.12. The van der Waals surface area contributed by atoms with Gasteiger partial charge in [0.1, 0.15) is 30.5 Å². The molecule has 0 aromatic heterocycles. The van der Waals surface area contributed by atoms with Crippen LogP contribution < -0.4 is 0 Å². The summed E-state index contributed by atoms with van der Waals surface area (Å²) in [6, 6.07) is 0. The van der Waals surface area contributed by atoms with Crippen LogP contribution >= 0.6 is 0 Å². The first-order valence-corrected chi connectivity index (χ1v) is 17.5. The van der Waals surface area contributed by atoms with E-state index in [2.05, 4.69) is 34.6 Å². The highest BCUT2D eigenvalue weighted by Crippen LogP contribution is 2.90. The lowest BCUT2D eigenvalue weighted by Gasteiger charge is -2.63. The summed E-state index contributed by atoms with van der Waals surface area (Å²) in [5.41, 5.74) is -1.39. The van der Waals surface area contributed by atoms with Crippen molar-refractivity contribution in [3.05, 3.63) is 0 Å². The maximum Gasteiger partial charge on any atom is 0.199 e. The van der Waals surface area contributed by atoms with Crippen LogP contribution in [0, 0.1) is 50.7 Å². The Morgan fingerprint density at radius 3 is 2.23 bits per heavy atom. The van der Waals surface area contributed by atoms with Crippen molar-refractivity contribution in [3.63, 3.8) is 0 Å². The van der Waals surface area contributed by atoms with Crippen LogP contribution in [-0.4, -0.2) is 92.5 Å². The summed E-state index contributed by atoms with van der Waals surface area (Å²) in [4.78, 5) is 0. The number of rotatable bonds is 3. The van der Waals surface area contributed by atoms with Crippen molar-refractivity contribution in [2.24, 2.45) is 50.7 Å². The molecule has 0 aromatic carbocycles. The molecular formula is C35H56O9. The summed E-state index contributed by atoms with van der Waals surface area (Å²) in [5, 5.41) is 54.5. The van der Waals surface area contributed by atoms with Gasteiger partial charge in [0.2, 0.25) is 0 Å². The third-order valence-electron chi connectivity index (χ3n) is 15.9. The van der Waals surface area contributed by atoms with Crippen molar-refractivity contribution in [1.82, 2.24) is 0 Å². The zero-order chi connectivity index (χ0) is 31.6. The molecule has 8 aliphatic rings. The first kappa shape index (κ1) is 30.9. The van der Waals surface area contributed by atoms with E-state index >= 15 is 0 Å². The average Bonchev–Trinajstić information content (AvgIpc) is 3.45. The number of aliphatic hydroxyl groups is 5. The second kappa shape index (κ2) is 9.00. The first-order valence-electron chi connectivity index (χ1n) is 17.5. The summed E-state index contributed by atoms with van der Waals surface area (Å²) in [6.07, 6.45) is 2.00. The van der Waals surface area contributed by atoms with Gasteiger partial charge >= 0.3 is 0 Å². The van der Waals surface area contributed by atoms with Gasteiger partial charge in [-0.3, -0.25) is 0 Å². The van der Waals surface area contributed by atoms with Crippen LogP contribution in [0.4, 0.5) is 0 Å². The van der Waals surface area contributed by atoms with Crippen LogP contribution in [0.2, 0.25) is 0 Å². The average molecular weight is 621 g/mol. The van der Waals surface area contributed by atoms with Crippen molar-refractivity contribution in [1.29, 1.82) is 0 Å². The van der Waals surface area contributed by atoms with Crippen molar-refractivity contribution < 1.29 is 44.5 Å². The third kappa shape index (κ3) is 3.38. The molecule has 0 amide bonds.